The summed E-state index contributed by atoms with van der Waals surface area (Å²) in [5.41, 5.74) is 1.85. The summed E-state index contributed by atoms with van der Waals surface area (Å²) in [5.74, 6) is 1.20. The number of rotatable bonds is 2. The zero-order valence-corrected chi connectivity index (χ0v) is 9.78. The summed E-state index contributed by atoms with van der Waals surface area (Å²) >= 11 is 5.70. The van der Waals surface area contributed by atoms with Crippen molar-refractivity contribution in [3.05, 3.63) is 52.4 Å². The lowest BCUT2D eigenvalue weighted by Gasteiger charge is -2.12. The molecule has 1 aliphatic rings. The van der Waals surface area contributed by atoms with Crippen LogP contribution in [-0.2, 0) is 6.42 Å². The fraction of sp³-hybridized carbons (Fsp3) is 0.231. The second kappa shape index (κ2) is 4.09. The predicted molar refractivity (Wildman–Crippen MR) is 63.4 cm³/mol. The summed E-state index contributed by atoms with van der Waals surface area (Å²) in [6, 6.07) is 9.04. The van der Waals surface area contributed by atoms with E-state index in [1.54, 1.807) is 12.1 Å². The van der Waals surface area contributed by atoms with Crippen LogP contribution in [0.3, 0.4) is 0 Å². The Morgan fingerprint density at radius 2 is 2.12 bits per heavy atom. The Hall–Kier alpha value is -1.45. The van der Waals surface area contributed by atoms with Crippen LogP contribution in [0.5, 0.6) is 5.75 Å². The third kappa shape index (κ3) is 1.81. The van der Waals surface area contributed by atoms with Crippen molar-refractivity contribution in [2.45, 2.75) is 12.5 Å². The molecule has 17 heavy (non-hydrogen) atoms. The van der Waals surface area contributed by atoms with Crippen molar-refractivity contribution in [2.24, 2.45) is 0 Å². The van der Waals surface area contributed by atoms with Crippen molar-refractivity contribution in [1.82, 2.24) is 0 Å². The number of para-hydroxylation sites is 1. The Morgan fingerprint density at radius 1 is 1.24 bits per heavy atom. The molecule has 1 aromatic heterocycles. The quantitative estimate of drug-likeness (QED) is 0.891. The average molecular weight is 251 g/mol. The van der Waals surface area contributed by atoms with Gasteiger partial charge in [0, 0.05) is 12.0 Å². The zero-order chi connectivity index (χ0) is 11.8. The van der Waals surface area contributed by atoms with Crippen LogP contribution in [0.15, 0.2) is 34.7 Å². The van der Waals surface area contributed by atoms with Gasteiger partial charge in [-0.25, -0.2) is 0 Å². The van der Waals surface area contributed by atoms with E-state index in [1.807, 2.05) is 18.2 Å². The highest BCUT2D eigenvalue weighted by Gasteiger charge is 2.23. The van der Waals surface area contributed by atoms with Gasteiger partial charge < -0.3 is 14.3 Å². The molecule has 0 saturated heterocycles. The molecule has 0 bridgehead atoms. The lowest BCUT2D eigenvalue weighted by atomic mass is 10.0. The van der Waals surface area contributed by atoms with Crippen LogP contribution in [0, 0.1) is 0 Å². The molecule has 2 heterocycles. The van der Waals surface area contributed by atoms with Crippen molar-refractivity contribution in [2.75, 3.05) is 6.61 Å². The van der Waals surface area contributed by atoms with Crippen molar-refractivity contribution < 1.29 is 14.3 Å². The number of fused-ring (bicyclic) bond motifs is 1. The summed E-state index contributed by atoms with van der Waals surface area (Å²) in [7, 11) is 0. The van der Waals surface area contributed by atoms with E-state index in [0.29, 0.717) is 12.4 Å². The fourth-order valence-electron chi connectivity index (χ4n) is 2.08. The Kier molecular flexibility index (Phi) is 2.57. The molecular formula is C13H11ClO3. The van der Waals surface area contributed by atoms with Crippen LogP contribution in [-0.4, -0.2) is 11.7 Å². The smallest absolute Gasteiger partial charge is 0.193 e. The molecule has 0 fully saturated rings. The minimum Gasteiger partial charge on any atom is -0.493 e. The first kappa shape index (κ1) is 10.7. The van der Waals surface area contributed by atoms with Gasteiger partial charge in [-0.3, -0.25) is 0 Å². The maximum Gasteiger partial charge on any atom is 0.193 e. The van der Waals surface area contributed by atoms with Gasteiger partial charge in [0.2, 0.25) is 0 Å². The van der Waals surface area contributed by atoms with Crippen LogP contribution >= 0.6 is 11.6 Å². The topological polar surface area (TPSA) is 42.6 Å². The molecule has 0 spiro atoms. The molecule has 1 aliphatic heterocycles. The van der Waals surface area contributed by atoms with Gasteiger partial charge in [0.1, 0.15) is 17.6 Å². The monoisotopic (exact) mass is 250 g/mol. The van der Waals surface area contributed by atoms with Crippen LogP contribution in [0.1, 0.15) is 23.0 Å². The second-order valence-electron chi connectivity index (χ2n) is 3.98. The Balaban J connectivity index is 2.02. The summed E-state index contributed by atoms with van der Waals surface area (Å²) in [4.78, 5) is 0. The molecule has 88 valence electrons. The SMILES string of the molecule is OC(c1ccc(Cl)o1)c1cccc2c1OCC2. The lowest BCUT2D eigenvalue weighted by molar-refractivity contribution is 0.184. The van der Waals surface area contributed by atoms with Crippen molar-refractivity contribution >= 4 is 11.6 Å². The van der Waals surface area contributed by atoms with Crippen molar-refractivity contribution in [3.63, 3.8) is 0 Å². The highest BCUT2D eigenvalue weighted by atomic mass is 35.5. The maximum absolute atomic E-state index is 10.2. The van der Waals surface area contributed by atoms with E-state index >= 15 is 0 Å². The van der Waals surface area contributed by atoms with Gasteiger partial charge in [-0.1, -0.05) is 18.2 Å². The highest BCUT2D eigenvalue weighted by Crippen LogP contribution is 2.36. The molecule has 2 aromatic rings. The summed E-state index contributed by atoms with van der Waals surface area (Å²) in [6.07, 6.45) is 0.0463. The molecule has 3 rings (SSSR count). The standard InChI is InChI=1S/C13H11ClO3/c14-11-5-4-10(17-11)12(15)9-3-1-2-8-6-7-16-13(8)9/h1-5,12,15H,6-7H2. The van der Waals surface area contributed by atoms with Crippen LogP contribution in [0.4, 0.5) is 0 Å². The number of hydrogen-bond donors (Lipinski definition) is 1. The molecule has 3 nitrogen and oxygen atoms in total. The van der Waals surface area contributed by atoms with Gasteiger partial charge in [0.25, 0.3) is 0 Å². The van der Waals surface area contributed by atoms with Crippen molar-refractivity contribution in [1.29, 1.82) is 0 Å². The number of aliphatic hydroxyl groups excluding tert-OH is 1. The van der Waals surface area contributed by atoms with Gasteiger partial charge in [-0.2, -0.15) is 0 Å². The van der Waals surface area contributed by atoms with E-state index in [9.17, 15) is 5.11 Å². The number of benzene rings is 1. The van der Waals surface area contributed by atoms with Crippen molar-refractivity contribution in [3.8, 4) is 5.75 Å². The van der Waals surface area contributed by atoms with E-state index in [4.69, 9.17) is 20.8 Å². The zero-order valence-electron chi connectivity index (χ0n) is 9.02. The maximum atomic E-state index is 10.2. The fourth-order valence-corrected chi connectivity index (χ4v) is 2.24. The normalized spacial score (nSPS) is 15.4. The summed E-state index contributed by atoms with van der Waals surface area (Å²) < 4.78 is 10.8. The number of hydrogen-bond acceptors (Lipinski definition) is 3. The predicted octanol–water partition coefficient (Wildman–Crippen LogP) is 2.95. The largest absolute Gasteiger partial charge is 0.493 e. The molecule has 0 saturated carbocycles. The molecule has 1 N–H and O–H groups in total. The Morgan fingerprint density at radius 3 is 2.88 bits per heavy atom. The molecule has 1 aromatic carbocycles. The molecule has 1 unspecified atom stereocenters. The molecule has 0 aliphatic carbocycles. The first-order valence-corrected chi connectivity index (χ1v) is 5.81. The van der Waals surface area contributed by atoms with E-state index in [-0.39, 0.29) is 5.22 Å². The van der Waals surface area contributed by atoms with Gasteiger partial charge in [-0.15, -0.1) is 0 Å². The van der Waals surface area contributed by atoms with E-state index in [1.165, 1.54) is 0 Å². The van der Waals surface area contributed by atoms with Crippen LogP contribution in [0.2, 0.25) is 5.22 Å². The minimum absolute atomic E-state index is 0.271. The minimum atomic E-state index is -0.837. The average Bonchev–Trinajstić information content (AvgIpc) is 2.95. The highest BCUT2D eigenvalue weighted by molar-refractivity contribution is 6.28. The number of ether oxygens (including phenoxy) is 1. The Labute approximate surface area is 104 Å². The van der Waals surface area contributed by atoms with Gasteiger partial charge in [0.15, 0.2) is 5.22 Å². The first-order valence-electron chi connectivity index (χ1n) is 5.43. The number of aliphatic hydroxyl groups is 1. The molecular weight excluding hydrogens is 240 g/mol. The van der Waals surface area contributed by atoms with Gasteiger partial charge >= 0.3 is 0 Å². The Bertz CT molecular complexity index is 547. The van der Waals surface area contributed by atoms with Crippen LogP contribution in [0.25, 0.3) is 0 Å². The summed E-state index contributed by atoms with van der Waals surface area (Å²) in [5, 5.41) is 10.5. The lowest BCUT2D eigenvalue weighted by Crippen LogP contribution is -2.00. The van der Waals surface area contributed by atoms with E-state index < -0.39 is 6.10 Å². The van der Waals surface area contributed by atoms with E-state index in [2.05, 4.69) is 0 Å². The molecule has 0 amide bonds. The molecule has 1 atom stereocenters. The van der Waals surface area contributed by atoms with Gasteiger partial charge in [0.05, 0.1) is 6.61 Å². The third-order valence-electron chi connectivity index (χ3n) is 2.90. The second-order valence-corrected chi connectivity index (χ2v) is 4.35. The third-order valence-corrected chi connectivity index (χ3v) is 3.11. The molecule has 0 radical (unpaired) electrons. The van der Waals surface area contributed by atoms with Crippen LogP contribution < -0.4 is 4.74 Å². The molecule has 4 heteroatoms. The number of halogens is 1. The summed E-state index contributed by atoms with van der Waals surface area (Å²) in [6.45, 7) is 0.665. The van der Waals surface area contributed by atoms with E-state index in [0.717, 1.165) is 23.3 Å². The number of furan rings is 1. The first-order chi connectivity index (χ1) is 8.25. The van der Waals surface area contributed by atoms with Gasteiger partial charge in [-0.05, 0) is 29.3 Å².